The minimum absolute atomic E-state index is 0.0386. The molecule has 2 heterocycles. The van der Waals surface area contributed by atoms with Crippen LogP contribution in [0.15, 0.2) is 70.9 Å². The Morgan fingerprint density at radius 3 is 2.66 bits per heavy atom. The summed E-state index contributed by atoms with van der Waals surface area (Å²) in [5, 5.41) is 3.79. The lowest BCUT2D eigenvalue weighted by molar-refractivity contribution is -0.113. The van der Waals surface area contributed by atoms with Gasteiger partial charge in [0.2, 0.25) is 5.91 Å². The second kappa shape index (κ2) is 9.80. The number of ether oxygens (including phenoxy) is 1. The second-order valence-corrected chi connectivity index (χ2v) is 8.06. The number of hydrogen-bond acceptors (Lipinski definition) is 7. The Balaban J connectivity index is 1.61. The third-order valence-corrected chi connectivity index (χ3v) is 5.75. The van der Waals surface area contributed by atoms with Crippen LogP contribution in [0, 0.1) is 0 Å². The Morgan fingerprint density at radius 2 is 1.88 bits per heavy atom. The predicted molar refractivity (Wildman–Crippen MR) is 124 cm³/mol. The zero-order valence-electron chi connectivity index (χ0n) is 17.0. The average molecular weight is 468 g/mol. The zero-order valence-corrected chi connectivity index (χ0v) is 18.6. The molecule has 162 valence electrons. The van der Waals surface area contributed by atoms with E-state index in [9.17, 15) is 9.59 Å². The highest BCUT2D eigenvalue weighted by Crippen LogP contribution is 2.24. The summed E-state index contributed by atoms with van der Waals surface area (Å²) < 4.78 is 6.75. The van der Waals surface area contributed by atoms with Gasteiger partial charge in [-0.2, -0.15) is 0 Å². The van der Waals surface area contributed by atoms with E-state index in [0.29, 0.717) is 21.6 Å². The van der Waals surface area contributed by atoms with Gasteiger partial charge in [-0.05, 0) is 29.8 Å². The maximum absolute atomic E-state index is 13.1. The van der Waals surface area contributed by atoms with E-state index in [2.05, 4.69) is 20.3 Å². The Morgan fingerprint density at radius 1 is 1.12 bits per heavy atom. The second-order valence-electron chi connectivity index (χ2n) is 6.68. The third-order valence-electron chi connectivity index (χ3n) is 4.53. The lowest BCUT2D eigenvalue weighted by atomic mass is 10.2. The molecular formula is C22H18ClN5O3S. The molecule has 0 saturated carbocycles. The van der Waals surface area contributed by atoms with Gasteiger partial charge in [-0.25, -0.2) is 15.0 Å². The van der Waals surface area contributed by atoms with Crippen molar-refractivity contribution in [2.45, 2.75) is 11.7 Å². The highest BCUT2D eigenvalue weighted by atomic mass is 35.5. The zero-order chi connectivity index (χ0) is 22.5. The summed E-state index contributed by atoms with van der Waals surface area (Å²) in [4.78, 5) is 38.4. The molecule has 0 spiro atoms. The summed E-state index contributed by atoms with van der Waals surface area (Å²) in [5.41, 5.74) is 1.51. The van der Waals surface area contributed by atoms with Crippen molar-refractivity contribution in [1.82, 2.24) is 19.5 Å². The number of anilines is 1. The van der Waals surface area contributed by atoms with Gasteiger partial charge < -0.3 is 10.1 Å². The summed E-state index contributed by atoms with van der Waals surface area (Å²) in [6.45, 7) is 0.256. The number of fused-ring (bicyclic) bond motifs is 1. The number of rotatable bonds is 7. The van der Waals surface area contributed by atoms with Gasteiger partial charge >= 0.3 is 0 Å². The van der Waals surface area contributed by atoms with Gasteiger partial charge in [0.05, 0.1) is 25.1 Å². The number of carbonyl (C=O) groups is 1. The van der Waals surface area contributed by atoms with Crippen molar-refractivity contribution in [1.29, 1.82) is 0 Å². The van der Waals surface area contributed by atoms with Crippen molar-refractivity contribution in [3.63, 3.8) is 0 Å². The van der Waals surface area contributed by atoms with Crippen LogP contribution in [0.1, 0.15) is 5.56 Å². The van der Waals surface area contributed by atoms with Crippen molar-refractivity contribution in [3.05, 3.63) is 81.9 Å². The number of amides is 1. The number of benzene rings is 2. The highest BCUT2D eigenvalue weighted by Gasteiger charge is 2.16. The van der Waals surface area contributed by atoms with Crippen LogP contribution in [0.2, 0.25) is 5.02 Å². The Bertz CT molecular complexity index is 1330. The highest BCUT2D eigenvalue weighted by molar-refractivity contribution is 7.99. The Labute approximate surface area is 192 Å². The molecule has 4 rings (SSSR count). The van der Waals surface area contributed by atoms with Gasteiger partial charge in [0.15, 0.2) is 16.3 Å². The molecule has 0 aliphatic rings. The van der Waals surface area contributed by atoms with Gasteiger partial charge in [0.25, 0.3) is 5.56 Å². The number of para-hydroxylation sites is 2. The van der Waals surface area contributed by atoms with E-state index < -0.39 is 0 Å². The van der Waals surface area contributed by atoms with E-state index in [-0.39, 0.29) is 34.9 Å². The topological polar surface area (TPSA) is 99.0 Å². The molecule has 8 nitrogen and oxygen atoms in total. The molecule has 2 aromatic carbocycles. The third kappa shape index (κ3) is 4.90. The smallest absolute Gasteiger partial charge is 0.282 e. The molecule has 0 bridgehead atoms. The van der Waals surface area contributed by atoms with Crippen molar-refractivity contribution in [2.24, 2.45) is 0 Å². The monoisotopic (exact) mass is 467 g/mol. The van der Waals surface area contributed by atoms with Crippen molar-refractivity contribution in [3.8, 4) is 5.75 Å². The lowest BCUT2D eigenvalue weighted by Gasteiger charge is -2.13. The van der Waals surface area contributed by atoms with Gasteiger partial charge in [-0.15, -0.1) is 0 Å². The quantitative estimate of drug-likeness (QED) is 0.327. The summed E-state index contributed by atoms with van der Waals surface area (Å²) in [7, 11) is 1.54. The molecule has 32 heavy (non-hydrogen) atoms. The van der Waals surface area contributed by atoms with Crippen LogP contribution in [-0.4, -0.2) is 38.3 Å². The van der Waals surface area contributed by atoms with Crippen LogP contribution in [0.5, 0.6) is 5.75 Å². The number of halogens is 1. The van der Waals surface area contributed by atoms with Crippen LogP contribution < -0.4 is 15.6 Å². The van der Waals surface area contributed by atoms with E-state index in [4.69, 9.17) is 16.3 Å². The molecule has 0 radical (unpaired) electrons. The summed E-state index contributed by atoms with van der Waals surface area (Å²) in [6.07, 6.45) is 2.92. The minimum Gasteiger partial charge on any atom is -0.495 e. The first-order valence-electron chi connectivity index (χ1n) is 9.57. The fourth-order valence-corrected chi connectivity index (χ4v) is 3.93. The van der Waals surface area contributed by atoms with Crippen molar-refractivity contribution >= 4 is 46.1 Å². The maximum atomic E-state index is 13.1. The van der Waals surface area contributed by atoms with Crippen LogP contribution in [0.25, 0.3) is 11.2 Å². The van der Waals surface area contributed by atoms with E-state index in [1.54, 1.807) is 30.3 Å². The molecule has 4 aromatic rings. The molecule has 0 unspecified atom stereocenters. The largest absolute Gasteiger partial charge is 0.495 e. The van der Waals surface area contributed by atoms with E-state index in [0.717, 1.165) is 17.3 Å². The summed E-state index contributed by atoms with van der Waals surface area (Å²) in [5.74, 6) is 0.340. The Hall–Kier alpha value is -3.43. The molecule has 0 fully saturated rings. The SMILES string of the molecule is COc1ccccc1NC(=O)CSc1nc2nccnc2c(=O)n1Cc1ccc(Cl)cc1. The molecule has 0 atom stereocenters. The summed E-state index contributed by atoms with van der Waals surface area (Å²) >= 11 is 7.12. The number of carbonyl (C=O) groups excluding carboxylic acids is 1. The molecule has 0 aliphatic carbocycles. The molecule has 0 saturated heterocycles. The first-order valence-corrected chi connectivity index (χ1v) is 10.9. The number of methoxy groups -OCH3 is 1. The standard InChI is InChI=1S/C22H18ClN5O3S/c1-31-17-5-3-2-4-16(17)26-18(29)13-32-22-27-20-19(24-10-11-25-20)21(30)28(22)12-14-6-8-15(23)9-7-14/h2-11H,12-13H2,1H3,(H,26,29). The van der Waals surface area contributed by atoms with Crippen LogP contribution in [0.4, 0.5) is 5.69 Å². The first-order chi connectivity index (χ1) is 15.5. The number of aromatic nitrogens is 4. The molecular weight excluding hydrogens is 450 g/mol. The maximum Gasteiger partial charge on any atom is 0.282 e. The van der Waals surface area contributed by atoms with Gasteiger partial charge in [0, 0.05) is 17.4 Å². The number of nitrogens with zero attached hydrogens (tertiary/aromatic N) is 4. The van der Waals surface area contributed by atoms with Gasteiger partial charge in [0.1, 0.15) is 5.75 Å². The molecule has 10 heteroatoms. The van der Waals surface area contributed by atoms with E-state index >= 15 is 0 Å². The molecule has 0 aliphatic heterocycles. The van der Waals surface area contributed by atoms with Crippen LogP contribution >= 0.6 is 23.4 Å². The Kier molecular flexibility index (Phi) is 6.67. The van der Waals surface area contributed by atoms with Crippen LogP contribution in [0.3, 0.4) is 0 Å². The molecule has 1 N–H and O–H groups in total. The number of hydrogen-bond donors (Lipinski definition) is 1. The molecule has 2 aromatic heterocycles. The van der Waals surface area contributed by atoms with E-state index in [1.807, 2.05) is 18.2 Å². The number of thioether (sulfide) groups is 1. The average Bonchev–Trinajstić information content (AvgIpc) is 2.81. The minimum atomic E-state index is -0.328. The summed E-state index contributed by atoms with van der Waals surface area (Å²) in [6, 6.07) is 14.3. The fraction of sp³-hybridized carbons (Fsp3) is 0.136. The predicted octanol–water partition coefficient (Wildman–Crippen LogP) is 3.63. The van der Waals surface area contributed by atoms with Crippen molar-refractivity contribution in [2.75, 3.05) is 18.2 Å². The van der Waals surface area contributed by atoms with E-state index in [1.165, 1.54) is 24.1 Å². The first kappa shape index (κ1) is 21.8. The number of nitrogens with one attached hydrogen (secondary N) is 1. The lowest BCUT2D eigenvalue weighted by Crippen LogP contribution is -2.25. The molecule has 1 amide bonds. The van der Waals surface area contributed by atoms with Gasteiger partial charge in [-0.1, -0.05) is 47.6 Å². The normalized spacial score (nSPS) is 10.8. The van der Waals surface area contributed by atoms with Gasteiger partial charge in [-0.3, -0.25) is 14.2 Å². The van der Waals surface area contributed by atoms with Crippen molar-refractivity contribution < 1.29 is 9.53 Å². The fourth-order valence-electron chi connectivity index (χ4n) is 3.02. The van der Waals surface area contributed by atoms with Crippen LogP contribution in [-0.2, 0) is 11.3 Å².